The summed E-state index contributed by atoms with van der Waals surface area (Å²) in [5.41, 5.74) is 9.40. The Kier molecular flexibility index (Phi) is 8.17. The molecule has 1 heterocycles. The Morgan fingerprint density at radius 3 is 2.31 bits per heavy atom. The van der Waals surface area contributed by atoms with Gasteiger partial charge in [-0.05, 0) is 50.0 Å². The summed E-state index contributed by atoms with van der Waals surface area (Å²) in [6, 6.07) is 19.1. The molecule has 2 unspecified atom stereocenters. The summed E-state index contributed by atoms with van der Waals surface area (Å²) in [4.78, 5) is 23.0. The molecule has 0 bridgehead atoms. The third-order valence-corrected chi connectivity index (χ3v) is 8.13. The molecule has 2 aromatic rings. The minimum atomic E-state index is -0.666. The predicted molar refractivity (Wildman–Crippen MR) is 141 cm³/mol. The average molecular weight is 495 g/mol. The molecule has 196 valence electrons. The molecule has 1 aliphatic carbocycles. The average Bonchev–Trinajstić information content (AvgIpc) is 3.47. The molecule has 1 saturated carbocycles. The van der Waals surface area contributed by atoms with Gasteiger partial charge in [-0.2, -0.15) is 5.06 Å². The summed E-state index contributed by atoms with van der Waals surface area (Å²) in [7, 11) is 4.36. The summed E-state index contributed by atoms with van der Waals surface area (Å²) >= 11 is 0. The molecule has 1 amide bonds. The van der Waals surface area contributed by atoms with Gasteiger partial charge in [0.1, 0.15) is 6.04 Å². The molecule has 36 heavy (non-hydrogen) atoms. The van der Waals surface area contributed by atoms with Gasteiger partial charge in [0.2, 0.25) is 5.91 Å². The topological polar surface area (TPSA) is 82.3 Å². The van der Waals surface area contributed by atoms with Gasteiger partial charge >= 0.3 is 0 Å². The molecule has 2 aromatic carbocycles. The van der Waals surface area contributed by atoms with Crippen LogP contribution in [0.4, 0.5) is 0 Å². The van der Waals surface area contributed by atoms with Crippen LogP contribution in [0.1, 0.15) is 43.9 Å². The van der Waals surface area contributed by atoms with Gasteiger partial charge in [0.15, 0.2) is 0 Å². The normalized spacial score (nSPS) is 27.2. The smallest absolute Gasteiger partial charge is 0.237 e. The lowest BCUT2D eigenvalue weighted by Gasteiger charge is -2.37. The predicted octanol–water partition coefficient (Wildman–Crippen LogP) is 3.02. The zero-order chi connectivity index (χ0) is 26.0. The molecule has 0 radical (unpaired) electrons. The first-order valence-electron chi connectivity index (χ1n) is 13.0. The zero-order valence-electron chi connectivity index (χ0n) is 22.3. The monoisotopic (exact) mass is 494 g/mol. The van der Waals surface area contributed by atoms with E-state index >= 15 is 0 Å². The minimum Gasteiger partial charge on any atom is -0.393 e. The zero-order valence-corrected chi connectivity index (χ0v) is 22.3. The van der Waals surface area contributed by atoms with Gasteiger partial charge in [0, 0.05) is 30.6 Å². The number of primary amides is 1. The van der Waals surface area contributed by atoms with Crippen LogP contribution in [-0.2, 0) is 29.3 Å². The summed E-state index contributed by atoms with van der Waals surface area (Å²) < 4.78 is 0. The van der Waals surface area contributed by atoms with Crippen LogP contribution in [0.15, 0.2) is 54.6 Å². The van der Waals surface area contributed by atoms with Crippen molar-refractivity contribution in [1.82, 2.24) is 14.9 Å². The molecule has 7 nitrogen and oxygen atoms in total. The molecule has 2 aliphatic rings. The van der Waals surface area contributed by atoms with E-state index in [-0.39, 0.29) is 11.5 Å². The number of amides is 1. The van der Waals surface area contributed by atoms with Gasteiger partial charge in [-0.15, -0.1) is 0 Å². The second-order valence-corrected chi connectivity index (χ2v) is 11.1. The lowest BCUT2D eigenvalue weighted by molar-refractivity contribution is -0.155. The highest BCUT2D eigenvalue weighted by Gasteiger charge is 2.60. The Balaban J connectivity index is 1.56. The van der Waals surface area contributed by atoms with Crippen LogP contribution in [0.25, 0.3) is 0 Å². The number of hydrogen-bond acceptors (Lipinski definition) is 6. The highest BCUT2D eigenvalue weighted by Crippen LogP contribution is 2.51. The molecule has 1 saturated heterocycles. The van der Waals surface area contributed by atoms with Gasteiger partial charge in [-0.1, -0.05) is 68.4 Å². The van der Waals surface area contributed by atoms with Crippen molar-refractivity contribution in [3.63, 3.8) is 0 Å². The van der Waals surface area contributed by atoms with E-state index in [0.29, 0.717) is 25.1 Å². The van der Waals surface area contributed by atoms with Crippen molar-refractivity contribution in [2.45, 2.75) is 70.6 Å². The molecule has 5 atom stereocenters. The van der Waals surface area contributed by atoms with Crippen molar-refractivity contribution in [2.75, 3.05) is 20.7 Å². The van der Waals surface area contributed by atoms with Crippen LogP contribution in [0.5, 0.6) is 0 Å². The maximum atomic E-state index is 12.1. The third kappa shape index (κ3) is 5.50. The Labute approximate surface area is 215 Å². The van der Waals surface area contributed by atoms with Gasteiger partial charge in [0.25, 0.3) is 0 Å². The quantitative estimate of drug-likeness (QED) is 0.500. The summed E-state index contributed by atoms with van der Waals surface area (Å²) in [5, 5.41) is 11.7. The van der Waals surface area contributed by atoms with Crippen LogP contribution < -0.4 is 5.73 Å². The highest BCUT2D eigenvalue weighted by atomic mass is 16.7. The number of hydroxylamine groups is 2. The molecule has 0 spiro atoms. The number of carbonyl (C=O) groups is 1. The SMILES string of the molecule is CC(C)C1(N(Cc2ccccc2)Cc2cccc(CN3OC[C@@H]([C@H](C)O)[C@H]3C(N)=O)c2)CC1N(C)C. The Morgan fingerprint density at radius 1 is 1.08 bits per heavy atom. The van der Waals surface area contributed by atoms with Gasteiger partial charge < -0.3 is 15.7 Å². The van der Waals surface area contributed by atoms with E-state index in [1.165, 1.54) is 11.1 Å². The van der Waals surface area contributed by atoms with E-state index in [4.69, 9.17) is 10.6 Å². The largest absolute Gasteiger partial charge is 0.393 e. The van der Waals surface area contributed by atoms with Crippen molar-refractivity contribution in [1.29, 1.82) is 0 Å². The third-order valence-electron chi connectivity index (χ3n) is 8.13. The molecular weight excluding hydrogens is 452 g/mol. The van der Waals surface area contributed by atoms with E-state index < -0.39 is 18.1 Å². The number of aliphatic hydroxyl groups excluding tert-OH is 1. The number of rotatable bonds is 11. The fourth-order valence-corrected chi connectivity index (χ4v) is 6.05. The summed E-state index contributed by atoms with van der Waals surface area (Å²) in [6.07, 6.45) is 0.494. The number of benzene rings is 2. The van der Waals surface area contributed by atoms with Crippen LogP contribution in [0.3, 0.4) is 0 Å². The van der Waals surface area contributed by atoms with Crippen molar-refractivity contribution >= 4 is 5.91 Å². The van der Waals surface area contributed by atoms with Crippen LogP contribution >= 0.6 is 0 Å². The number of hydrogen-bond donors (Lipinski definition) is 2. The molecule has 1 aliphatic heterocycles. The fourth-order valence-electron chi connectivity index (χ4n) is 6.05. The van der Waals surface area contributed by atoms with Gasteiger partial charge in [0.05, 0.1) is 19.3 Å². The van der Waals surface area contributed by atoms with Crippen LogP contribution in [0.2, 0.25) is 0 Å². The maximum absolute atomic E-state index is 12.1. The molecule has 0 aromatic heterocycles. The fraction of sp³-hybridized carbons (Fsp3) is 0.552. The summed E-state index contributed by atoms with van der Waals surface area (Å²) in [6.45, 7) is 8.82. The van der Waals surface area contributed by atoms with E-state index in [2.05, 4.69) is 92.3 Å². The van der Waals surface area contributed by atoms with E-state index in [9.17, 15) is 9.90 Å². The Morgan fingerprint density at radius 2 is 1.72 bits per heavy atom. The van der Waals surface area contributed by atoms with Gasteiger partial charge in [-0.25, -0.2) is 0 Å². The van der Waals surface area contributed by atoms with E-state index in [0.717, 1.165) is 25.1 Å². The first kappa shape index (κ1) is 26.8. The number of nitrogens with two attached hydrogens (primary N) is 1. The van der Waals surface area contributed by atoms with Crippen molar-refractivity contribution in [3.8, 4) is 0 Å². The molecule has 4 rings (SSSR count). The summed E-state index contributed by atoms with van der Waals surface area (Å²) in [5.74, 6) is -0.273. The first-order valence-corrected chi connectivity index (χ1v) is 13.0. The van der Waals surface area contributed by atoms with Crippen molar-refractivity contribution < 1.29 is 14.7 Å². The number of aliphatic hydroxyl groups is 1. The first-order chi connectivity index (χ1) is 17.1. The molecule has 2 fully saturated rings. The lowest BCUT2D eigenvalue weighted by Crippen LogP contribution is -2.46. The second kappa shape index (κ2) is 11.0. The Bertz CT molecular complexity index is 1030. The molecule has 7 heteroatoms. The standard InChI is InChI=1S/C29H42N4O3/c1-20(2)29(15-26(29)31(4)5)32(16-22-10-7-6-8-11-22)17-23-12-9-13-24(14-23)18-33-27(28(30)35)25(19-36-33)21(3)34/h6-14,20-21,25-27,34H,15-19H2,1-5H3,(H2,30,35)/t21-,25-,26?,27-,29?/m0/s1. The van der Waals surface area contributed by atoms with E-state index in [1.807, 2.05) is 0 Å². The molecule has 3 N–H and O–H groups in total. The maximum Gasteiger partial charge on any atom is 0.237 e. The number of likely N-dealkylation sites (N-methyl/N-ethyl adjacent to an activating group) is 1. The number of carbonyl (C=O) groups excluding carboxylic acids is 1. The van der Waals surface area contributed by atoms with Crippen LogP contribution in [0, 0.1) is 11.8 Å². The van der Waals surface area contributed by atoms with Crippen molar-refractivity contribution in [3.05, 3.63) is 71.3 Å². The van der Waals surface area contributed by atoms with Crippen LogP contribution in [-0.4, -0.2) is 70.3 Å². The highest BCUT2D eigenvalue weighted by molar-refractivity contribution is 5.80. The minimum absolute atomic E-state index is 0.120. The number of nitrogens with zero attached hydrogens (tertiary/aromatic N) is 3. The van der Waals surface area contributed by atoms with E-state index in [1.54, 1.807) is 12.0 Å². The van der Waals surface area contributed by atoms with Gasteiger partial charge in [-0.3, -0.25) is 14.5 Å². The Hall–Kier alpha value is -2.29. The lowest BCUT2D eigenvalue weighted by atomic mass is 9.95. The molecular formula is C29H42N4O3. The van der Waals surface area contributed by atoms with Crippen molar-refractivity contribution in [2.24, 2.45) is 17.6 Å². The second-order valence-electron chi connectivity index (χ2n) is 11.1.